The number of carbonyl (C=O) groups excluding carboxylic acids is 1. The molecule has 0 bridgehead atoms. The molecule has 5 nitrogen and oxygen atoms in total. The van der Waals surface area contributed by atoms with Gasteiger partial charge in [-0.2, -0.15) is 0 Å². The van der Waals surface area contributed by atoms with Gasteiger partial charge < -0.3 is 14.8 Å². The van der Waals surface area contributed by atoms with Crippen molar-refractivity contribution < 1.29 is 14.3 Å². The van der Waals surface area contributed by atoms with Crippen LogP contribution in [0.1, 0.15) is 15.9 Å². The second-order valence-electron chi connectivity index (χ2n) is 5.55. The average molecular weight is 344 g/mol. The summed E-state index contributed by atoms with van der Waals surface area (Å²) in [5.41, 5.74) is 1.80. The minimum atomic E-state index is -0.100. The van der Waals surface area contributed by atoms with E-state index in [4.69, 9.17) is 9.47 Å². The first kappa shape index (κ1) is 17.0. The summed E-state index contributed by atoms with van der Waals surface area (Å²) in [6, 6.07) is 13.4. The minimum Gasteiger partial charge on any atom is -0.377 e. The highest BCUT2D eigenvalue weighted by molar-refractivity contribution is 7.98. The predicted octanol–water partition coefficient (Wildman–Crippen LogP) is 2.52. The molecule has 3 rings (SSSR count). The van der Waals surface area contributed by atoms with Gasteiger partial charge in [-0.3, -0.25) is 4.79 Å². The Kier molecular flexibility index (Phi) is 5.85. The summed E-state index contributed by atoms with van der Waals surface area (Å²) in [5.74, 6) is 0.720. The molecule has 126 valence electrons. The molecule has 0 spiro atoms. The predicted molar refractivity (Wildman–Crippen MR) is 93.1 cm³/mol. The molecule has 1 aromatic heterocycles. The molecule has 0 saturated carbocycles. The fourth-order valence-electron chi connectivity index (χ4n) is 2.50. The van der Waals surface area contributed by atoms with Crippen molar-refractivity contribution in [3.63, 3.8) is 0 Å². The number of hydrogen-bond acceptors (Lipinski definition) is 5. The summed E-state index contributed by atoms with van der Waals surface area (Å²) in [4.78, 5) is 16.6. The lowest BCUT2D eigenvalue weighted by atomic mass is 10.1. The van der Waals surface area contributed by atoms with Crippen LogP contribution in [-0.4, -0.2) is 43.4 Å². The number of nitrogens with zero attached hydrogens (tertiary/aromatic N) is 1. The third-order valence-corrected chi connectivity index (χ3v) is 4.90. The highest BCUT2D eigenvalue weighted by atomic mass is 32.2. The normalized spacial score (nSPS) is 20.0. The lowest BCUT2D eigenvalue weighted by Gasteiger charge is -2.17. The first-order chi connectivity index (χ1) is 11.8. The van der Waals surface area contributed by atoms with E-state index in [1.165, 1.54) is 0 Å². The molecule has 0 radical (unpaired) electrons. The highest BCUT2D eigenvalue weighted by Gasteiger charge is 2.29. The number of methoxy groups -OCH3 is 1. The molecule has 2 atom stereocenters. The van der Waals surface area contributed by atoms with Crippen LogP contribution in [0.5, 0.6) is 0 Å². The van der Waals surface area contributed by atoms with Gasteiger partial charge in [-0.05, 0) is 29.8 Å². The number of nitrogens with one attached hydrogen (secondary N) is 1. The van der Waals surface area contributed by atoms with Gasteiger partial charge in [-0.1, -0.05) is 18.2 Å². The summed E-state index contributed by atoms with van der Waals surface area (Å²) in [7, 11) is 1.63. The number of pyridine rings is 1. The maximum Gasteiger partial charge on any atom is 0.251 e. The monoisotopic (exact) mass is 344 g/mol. The molecule has 1 fully saturated rings. The van der Waals surface area contributed by atoms with E-state index in [-0.39, 0.29) is 18.1 Å². The standard InChI is InChI=1S/C18H20N2O3S/c1-22-16-11-23-10-15(16)20-18(21)14-7-5-13(6-8-14)12-24-17-4-2-3-9-19-17/h2-9,15-16H,10-12H2,1H3,(H,20,21)/t15-,16-/m0/s1. The second-order valence-corrected chi connectivity index (χ2v) is 6.54. The zero-order valence-corrected chi connectivity index (χ0v) is 14.3. The first-order valence-electron chi connectivity index (χ1n) is 7.80. The molecular formula is C18H20N2O3S. The Morgan fingerprint density at radius 3 is 2.83 bits per heavy atom. The maximum atomic E-state index is 12.3. The Bertz CT molecular complexity index is 664. The molecule has 0 aliphatic carbocycles. The number of amides is 1. The van der Waals surface area contributed by atoms with E-state index in [0.717, 1.165) is 16.3 Å². The number of thioether (sulfide) groups is 1. The summed E-state index contributed by atoms with van der Waals surface area (Å²) in [6.45, 7) is 1.01. The van der Waals surface area contributed by atoms with Crippen LogP contribution in [0.4, 0.5) is 0 Å². The topological polar surface area (TPSA) is 60.5 Å². The number of aromatic nitrogens is 1. The fourth-order valence-corrected chi connectivity index (χ4v) is 3.31. The molecule has 1 aromatic carbocycles. The van der Waals surface area contributed by atoms with E-state index in [0.29, 0.717) is 18.8 Å². The van der Waals surface area contributed by atoms with Crippen LogP contribution < -0.4 is 5.32 Å². The molecule has 1 amide bonds. The Labute approximate surface area is 145 Å². The van der Waals surface area contributed by atoms with E-state index >= 15 is 0 Å². The molecule has 2 heterocycles. The van der Waals surface area contributed by atoms with Gasteiger partial charge in [0, 0.05) is 24.6 Å². The van der Waals surface area contributed by atoms with E-state index in [1.807, 2.05) is 42.5 Å². The number of hydrogen-bond donors (Lipinski definition) is 1. The van der Waals surface area contributed by atoms with Gasteiger partial charge >= 0.3 is 0 Å². The van der Waals surface area contributed by atoms with E-state index in [9.17, 15) is 4.79 Å². The van der Waals surface area contributed by atoms with Crippen LogP contribution in [0.2, 0.25) is 0 Å². The zero-order valence-electron chi connectivity index (χ0n) is 13.5. The van der Waals surface area contributed by atoms with Crippen molar-refractivity contribution in [3.8, 4) is 0 Å². The van der Waals surface area contributed by atoms with Gasteiger partial charge in [0.25, 0.3) is 5.91 Å². The van der Waals surface area contributed by atoms with Crippen LogP contribution in [-0.2, 0) is 15.2 Å². The van der Waals surface area contributed by atoms with Gasteiger partial charge in [0.2, 0.25) is 0 Å². The Hall–Kier alpha value is -1.89. The molecule has 1 saturated heterocycles. The van der Waals surface area contributed by atoms with Gasteiger partial charge in [0.05, 0.1) is 24.3 Å². The van der Waals surface area contributed by atoms with Crippen molar-refractivity contribution in [3.05, 3.63) is 59.8 Å². The van der Waals surface area contributed by atoms with Gasteiger partial charge in [0.15, 0.2) is 0 Å². The van der Waals surface area contributed by atoms with E-state index < -0.39 is 0 Å². The van der Waals surface area contributed by atoms with Crippen LogP contribution in [0, 0.1) is 0 Å². The van der Waals surface area contributed by atoms with Crippen LogP contribution in [0.25, 0.3) is 0 Å². The Balaban J connectivity index is 1.54. The van der Waals surface area contributed by atoms with Crippen LogP contribution in [0.3, 0.4) is 0 Å². The molecule has 0 unspecified atom stereocenters. The third kappa shape index (κ3) is 4.35. The number of rotatable bonds is 6. The third-order valence-electron chi connectivity index (χ3n) is 3.89. The number of ether oxygens (including phenoxy) is 2. The number of benzene rings is 1. The SMILES string of the molecule is CO[C@H]1COC[C@@H]1NC(=O)c1ccc(CSc2ccccn2)cc1. The Morgan fingerprint density at radius 1 is 1.29 bits per heavy atom. The molecule has 24 heavy (non-hydrogen) atoms. The molecule has 6 heteroatoms. The second kappa shape index (κ2) is 8.28. The summed E-state index contributed by atoms with van der Waals surface area (Å²) in [6.07, 6.45) is 1.71. The maximum absolute atomic E-state index is 12.3. The van der Waals surface area contributed by atoms with Crippen molar-refractivity contribution in [2.24, 2.45) is 0 Å². The van der Waals surface area contributed by atoms with E-state index in [1.54, 1.807) is 25.1 Å². The summed E-state index contributed by atoms with van der Waals surface area (Å²) >= 11 is 1.67. The van der Waals surface area contributed by atoms with Crippen molar-refractivity contribution >= 4 is 17.7 Å². The Morgan fingerprint density at radius 2 is 2.12 bits per heavy atom. The summed E-state index contributed by atoms with van der Waals surface area (Å²) < 4.78 is 10.6. The minimum absolute atomic E-state index is 0.0806. The van der Waals surface area contributed by atoms with Crippen molar-refractivity contribution in [2.75, 3.05) is 20.3 Å². The zero-order chi connectivity index (χ0) is 16.8. The largest absolute Gasteiger partial charge is 0.377 e. The highest BCUT2D eigenvalue weighted by Crippen LogP contribution is 2.20. The van der Waals surface area contributed by atoms with Gasteiger partial charge in [-0.15, -0.1) is 11.8 Å². The van der Waals surface area contributed by atoms with Crippen molar-refractivity contribution in [1.82, 2.24) is 10.3 Å². The van der Waals surface area contributed by atoms with E-state index in [2.05, 4.69) is 10.3 Å². The number of carbonyl (C=O) groups is 1. The van der Waals surface area contributed by atoms with Crippen LogP contribution >= 0.6 is 11.8 Å². The lowest BCUT2D eigenvalue weighted by Crippen LogP contribution is -2.43. The van der Waals surface area contributed by atoms with Crippen molar-refractivity contribution in [1.29, 1.82) is 0 Å². The molecule has 2 aromatic rings. The lowest BCUT2D eigenvalue weighted by molar-refractivity contribution is 0.0685. The molecule has 1 aliphatic rings. The van der Waals surface area contributed by atoms with Crippen molar-refractivity contribution in [2.45, 2.75) is 22.9 Å². The molecular weight excluding hydrogens is 324 g/mol. The smallest absolute Gasteiger partial charge is 0.251 e. The van der Waals surface area contributed by atoms with Gasteiger partial charge in [-0.25, -0.2) is 4.98 Å². The first-order valence-corrected chi connectivity index (χ1v) is 8.79. The molecule has 1 aliphatic heterocycles. The quantitative estimate of drug-likeness (QED) is 0.816. The fraction of sp³-hybridized carbons (Fsp3) is 0.333. The average Bonchev–Trinajstić information content (AvgIpc) is 3.08. The molecule has 1 N–H and O–H groups in total. The van der Waals surface area contributed by atoms with Crippen LogP contribution in [0.15, 0.2) is 53.7 Å². The van der Waals surface area contributed by atoms with Gasteiger partial charge in [0.1, 0.15) is 6.10 Å². The summed E-state index contributed by atoms with van der Waals surface area (Å²) in [5, 5.41) is 3.96.